The first kappa shape index (κ1) is 9.31. The first-order valence-electron chi connectivity index (χ1n) is 4.86. The van der Waals surface area contributed by atoms with E-state index in [0.717, 1.165) is 18.7 Å². The predicted octanol–water partition coefficient (Wildman–Crippen LogP) is 2.78. The molecule has 0 radical (unpaired) electrons. The van der Waals surface area contributed by atoms with Crippen LogP contribution >= 0.6 is 0 Å². The van der Waals surface area contributed by atoms with E-state index in [-0.39, 0.29) is 5.75 Å². The van der Waals surface area contributed by atoms with Crippen LogP contribution in [-0.2, 0) is 5.67 Å². The van der Waals surface area contributed by atoms with Gasteiger partial charge in [-0.25, -0.2) is 4.39 Å². The summed E-state index contributed by atoms with van der Waals surface area (Å²) in [7, 11) is 0. The first-order chi connectivity index (χ1) is 6.59. The third-order valence-corrected chi connectivity index (χ3v) is 2.70. The molecule has 0 saturated carbocycles. The zero-order chi connectivity index (χ0) is 10.2. The monoisotopic (exact) mass is 195 g/mol. The van der Waals surface area contributed by atoms with E-state index in [2.05, 4.69) is 5.32 Å². The van der Waals surface area contributed by atoms with E-state index in [1.807, 2.05) is 0 Å². The second-order valence-electron chi connectivity index (χ2n) is 3.96. The summed E-state index contributed by atoms with van der Waals surface area (Å²) in [6, 6.07) is 4.81. The number of nitrogens with one attached hydrogen (secondary N) is 1. The van der Waals surface area contributed by atoms with Crippen molar-refractivity contribution in [2.75, 3.05) is 11.9 Å². The fourth-order valence-corrected chi connectivity index (χ4v) is 1.90. The lowest BCUT2D eigenvalue weighted by Gasteiger charge is -2.20. The minimum Gasteiger partial charge on any atom is -0.508 e. The van der Waals surface area contributed by atoms with Crippen molar-refractivity contribution in [2.45, 2.75) is 25.4 Å². The highest BCUT2D eigenvalue weighted by Crippen LogP contribution is 2.39. The van der Waals surface area contributed by atoms with Crippen LogP contribution in [-0.4, -0.2) is 11.7 Å². The second kappa shape index (κ2) is 3.15. The van der Waals surface area contributed by atoms with Crippen molar-refractivity contribution in [3.05, 3.63) is 23.8 Å². The molecule has 2 N–H and O–H groups in total. The van der Waals surface area contributed by atoms with E-state index < -0.39 is 5.67 Å². The van der Waals surface area contributed by atoms with Crippen LogP contribution in [0.15, 0.2) is 18.2 Å². The largest absolute Gasteiger partial charge is 0.508 e. The van der Waals surface area contributed by atoms with Crippen LogP contribution < -0.4 is 5.32 Å². The minimum atomic E-state index is -1.34. The van der Waals surface area contributed by atoms with Gasteiger partial charge in [-0.05, 0) is 38.0 Å². The summed E-state index contributed by atoms with van der Waals surface area (Å²) in [4.78, 5) is 0. The lowest BCUT2D eigenvalue weighted by Crippen LogP contribution is -2.14. The molecule has 1 aliphatic rings. The molecule has 0 bridgehead atoms. The number of hydrogen-bond acceptors (Lipinski definition) is 2. The molecule has 1 aromatic rings. The molecular weight excluding hydrogens is 181 g/mol. The van der Waals surface area contributed by atoms with Gasteiger partial charge in [-0.2, -0.15) is 0 Å². The third-order valence-electron chi connectivity index (χ3n) is 2.70. The van der Waals surface area contributed by atoms with Crippen molar-refractivity contribution in [3.63, 3.8) is 0 Å². The molecule has 0 spiro atoms. The number of aromatic hydroxyl groups is 1. The molecule has 2 rings (SSSR count). The number of rotatable bonds is 0. The van der Waals surface area contributed by atoms with Crippen molar-refractivity contribution in [2.24, 2.45) is 0 Å². The van der Waals surface area contributed by atoms with Gasteiger partial charge in [0.25, 0.3) is 0 Å². The van der Waals surface area contributed by atoms with E-state index in [4.69, 9.17) is 0 Å². The van der Waals surface area contributed by atoms with Gasteiger partial charge in [-0.1, -0.05) is 0 Å². The van der Waals surface area contributed by atoms with Crippen molar-refractivity contribution >= 4 is 5.69 Å². The fraction of sp³-hybridized carbons (Fsp3) is 0.455. The Morgan fingerprint density at radius 1 is 1.50 bits per heavy atom. The van der Waals surface area contributed by atoms with Crippen LogP contribution in [0.5, 0.6) is 5.75 Å². The third kappa shape index (κ3) is 1.54. The van der Waals surface area contributed by atoms with Gasteiger partial charge < -0.3 is 10.4 Å². The molecule has 0 amide bonds. The zero-order valence-electron chi connectivity index (χ0n) is 8.18. The Hall–Kier alpha value is -1.25. The molecule has 0 saturated heterocycles. The van der Waals surface area contributed by atoms with Crippen molar-refractivity contribution in [3.8, 4) is 5.75 Å². The highest BCUT2D eigenvalue weighted by Gasteiger charge is 2.30. The van der Waals surface area contributed by atoms with Gasteiger partial charge in [0.05, 0.1) is 0 Å². The number of phenols is 1. The molecule has 1 unspecified atom stereocenters. The SMILES string of the molecule is CC1(F)CCCNc2ccc(O)cc21. The molecule has 1 aromatic carbocycles. The quantitative estimate of drug-likeness (QED) is 0.624. The minimum absolute atomic E-state index is 0.122. The molecule has 0 fully saturated rings. The average molecular weight is 195 g/mol. The van der Waals surface area contributed by atoms with E-state index in [1.165, 1.54) is 6.07 Å². The summed E-state index contributed by atoms with van der Waals surface area (Å²) >= 11 is 0. The predicted molar refractivity (Wildman–Crippen MR) is 54.3 cm³/mol. The van der Waals surface area contributed by atoms with Gasteiger partial charge in [0, 0.05) is 17.8 Å². The number of hydrogen-bond donors (Lipinski definition) is 2. The highest BCUT2D eigenvalue weighted by atomic mass is 19.1. The molecule has 1 aliphatic heterocycles. The zero-order valence-corrected chi connectivity index (χ0v) is 8.18. The van der Waals surface area contributed by atoms with Crippen molar-refractivity contribution in [1.82, 2.24) is 0 Å². The Bertz CT molecular complexity index is 349. The van der Waals surface area contributed by atoms with Gasteiger partial charge in [0.15, 0.2) is 0 Å². The van der Waals surface area contributed by atoms with Crippen LogP contribution in [0.4, 0.5) is 10.1 Å². The maximum atomic E-state index is 14.2. The maximum Gasteiger partial charge on any atom is 0.135 e. The van der Waals surface area contributed by atoms with Crippen molar-refractivity contribution in [1.29, 1.82) is 0 Å². The molecular formula is C11H14FNO. The summed E-state index contributed by atoms with van der Waals surface area (Å²) in [5.41, 5.74) is 0.0256. The Morgan fingerprint density at radius 3 is 3.07 bits per heavy atom. The molecule has 76 valence electrons. The number of benzene rings is 1. The number of halogens is 1. The Morgan fingerprint density at radius 2 is 2.29 bits per heavy atom. The molecule has 14 heavy (non-hydrogen) atoms. The Balaban J connectivity index is 2.52. The van der Waals surface area contributed by atoms with E-state index in [1.54, 1.807) is 19.1 Å². The Labute approximate surface area is 82.8 Å². The second-order valence-corrected chi connectivity index (χ2v) is 3.96. The molecule has 3 heteroatoms. The smallest absolute Gasteiger partial charge is 0.135 e. The van der Waals surface area contributed by atoms with Crippen LogP contribution in [0.3, 0.4) is 0 Å². The lowest BCUT2D eigenvalue weighted by molar-refractivity contribution is 0.178. The van der Waals surface area contributed by atoms with Crippen molar-refractivity contribution < 1.29 is 9.50 Å². The number of alkyl halides is 1. The fourth-order valence-electron chi connectivity index (χ4n) is 1.90. The molecule has 0 aliphatic carbocycles. The highest BCUT2D eigenvalue weighted by molar-refractivity contribution is 5.57. The molecule has 0 aromatic heterocycles. The van der Waals surface area contributed by atoms with E-state index in [0.29, 0.717) is 12.0 Å². The summed E-state index contributed by atoms with van der Waals surface area (Å²) in [6.07, 6.45) is 1.30. The van der Waals surface area contributed by atoms with Gasteiger partial charge in [-0.3, -0.25) is 0 Å². The normalized spacial score (nSPS) is 26.1. The van der Waals surface area contributed by atoms with Gasteiger partial charge in [-0.15, -0.1) is 0 Å². The lowest BCUT2D eigenvalue weighted by atomic mass is 9.93. The summed E-state index contributed by atoms with van der Waals surface area (Å²) in [5, 5.41) is 12.5. The van der Waals surface area contributed by atoms with Crippen LogP contribution in [0, 0.1) is 0 Å². The van der Waals surface area contributed by atoms with E-state index in [9.17, 15) is 9.50 Å². The Kier molecular flexibility index (Phi) is 2.10. The van der Waals surface area contributed by atoms with Crippen LogP contribution in [0.25, 0.3) is 0 Å². The molecule has 1 atom stereocenters. The topological polar surface area (TPSA) is 32.3 Å². The van der Waals surface area contributed by atoms with Crippen LogP contribution in [0.2, 0.25) is 0 Å². The number of anilines is 1. The van der Waals surface area contributed by atoms with Gasteiger partial charge in [0.2, 0.25) is 0 Å². The summed E-state index contributed by atoms with van der Waals surface area (Å²) < 4.78 is 14.2. The molecule has 1 heterocycles. The summed E-state index contributed by atoms with van der Waals surface area (Å²) in [6.45, 7) is 2.36. The number of phenolic OH excluding ortho intramolecular Hbond substituents is 1. The van der Waals surface area contributed by atoms with Gasteiger partial charge in [0.1, 0.15) is 11.4 Å². The maximum absolute atomic E-state index is 14.2. The van der Waals surface area contributed by atoms with Gasteiger partial charge >= 0.3 is 0 Å². The molecule has 2 nitrogen and oxygen atoms in total. The summed E-state index contributed by atoms with van der Waals surface area (Å²) in [5.74, 6) is 0.122. The van der Waals surface area contributed by atoms with Crippen LogP contribution in [0.1, 0.15) is 25.3 Å². The number of fused-ring (bicyclic) bond motifs is 1. The standard InChI is InChI=1S/C11H14FNO/c1-11(12)5-2-6-13-10-4-3-8(14)7-9(10)11/h3-4,7,13-14H,2,5-6H2,1H3. The average Bonchev–Trinajstić information content (AvgIpc) is 2.26. The first-order valence-corrected chi connectivity index (χ1v) is 4.86. The van der Waals surface area contributed by atoms with E-state index >= 15 is 0 Å².